The number of nitrogens with zero attached hydrogens (tertiary/aromatic N) is 1. The van der Waals surface area contributed by atoms with Crippen LogP contribution in [-0.4, -0.2) is 17.9 Å². The third kappa shape index (κ3) is 5.92. The van der Waals surface area contributed by atoms with E-state index in [1.807, 2.05) is 48.5 Å². The number of benzene rings is 2. The third-order valence-corrected chi connectivity index (χ3v) is 5.48. The highest BCUT2D eigenvalue weighted by atomic mass is 16.2. The van der Waals surface area contributed by atoms with Gasteiger partial charge in [-0.25, -0.2) is 0 Å². The summed E-state index contributed by atoms with van der Waals surface area (Å²) in [5, 5.41) is 12.4. The number of primary amides is 1. The van der Waals surface area contributed by atoms with Crippen molar-refractivity contribution in [1.82, 2.24) is 5.32 Å². The number of nitrogens with two attached hydrogens (primary N) is 1. The normalized spacial score (nSPS) is 15.3. The van der Waals surface area contributed by atoms with Gasteiger partial charge in [-0.3, -0.25) is 9.59 Å². The van der Waals surface area contributed by atoms with Gasteiger partial charge in [0.05, 0.1) is 12.5 Å². The van der Waals surface area contributed by atoms with Gasteiger partial charge in [-0.2, -0.15) is 5.26 Å². The molecule has 0 radical (unpaired) electrons. The average molecular weight is 389 g/mol. The maximum Gasteiger partial charge on any atom is 0.224 e. The molecule has 0 heterocycles. The van der Waals surface area contributed by atoms with Crippen molar-refractivity contribution in [3.63, 3.8) is 0 Å². The van der Waals surface area contributed by atoms with Crippen molar-refractivity contribution in [3.05, 3.63) is 59.7 Å². The van der Waals surface area contributed by atoms with Crippen molar-refractivity contribution in [1.29, 1.82) is 5.26 Å². The average Bonchev–Trinajstić information content (AvgIpc) is 2.74. The van der Waals surface area contributed by atoms with Crippen molar-refractivity contribution in [3.8, 4) is 17.2 Å². The number of hydrogen-bond donors (Lipinski definition) is 2. The number of rotatable bonds is 7. The number of amides is 2. The lowest BCUT2D eigenvalue weighted by Gasteiger charge is -2.22. The molecule has 3 rings (SSSR count). The standard InChI is InChI=1S/C24H27N3O2/c25-16-22(27-24(29)20-6-2-1-3-7-20)14-17-9-11-19(12-10-17)21-8-4-5-18(13-21)15-23(26)28/h4-5,8-13,20,22H,1-3,6-7,14-15H2,(H2,26,28)(H,27,29)/t22-/m0/s1. The van der Waals surface area contributed by atoms with Crippen molar-refractivity contribution in [2.45, 2.75) is 51.0 Å². The summed E-state index contributed by atoms with van der Waals surface area (Å²) in [6.07, 6.45) is 5.94. The molecule has 5 nitrogen and oxygen atoms in total. The van der Waals surface area contributed by atoms with Crippen LogP contribution in [0.3, 0.4) is 0 Å². The minimum Gasteiger partial charge on any atom is -0.369 e. The Morgan fingerprint density at radius 2 is 1.76 bits per heavy atom. The monoisotopic (exact) mass is 389 g/mol. The number of hydrogen-bond acceptors (Lipinski definition) is 3. The fourth-order valence-corrected chi connectivity index (χ4v) is 3.91. The second-order valence-electron chi connectivity index (χ2n) is 7.77. The fraction of sp³-hybridized carbons (Fsp3) is 0.375. The largest absolute Gasteiger partial charge is 0.369 e. The number of carbonyl (C=O) groups excluding carboxylic acids is 2. The lowest BCUT2D eigenvalue weighted by atomic mass is 9.88. The molecule has 150 valence electrons. The van der Waals surface area contributed by atoms with Gasteiger partial charge < -0.3 is 11.1 Å². The fourth-order valence-electron chi connectivity index (χ4n) is 3.91. The number of nitriles is 1. The molecule has 1 atom stereocenters. The van der Waals surface area contributed by atoms with Crippen LogP contribution >= 0.6 is 0 Å². The molecule has 5 heteroatoms. The lowest BCUT2D eigenvalue weighted by molar-refractivity contribution is -0.126. The zero-order valence-electron chi connectivity index (χ0n) is 16.6. The molecular formula is C24H27N3O2. The molecule has 0 spiro atoms. The van der Waals surface area contributed by atoms with Gasteiger partial charge in [-0.05, 0) is 35.1 Å². The Balaban J connectivity index is 1.62. The molecule has 0 saturated heterocycles. The predicted molar refractivity (Wildman–Crippen MR) is 113 cm³/mol. The molecule has 0 aromatic heterocycles. The van der Waals surface area contributed by atoms with E-state index in [9.17, 15) is 14.9 Å². The molecule has 2 aromatic rings. The van der Waals surface area contributed by atoms with Crippen LogP contribution in [0.4, 0.5) is 0 Å². The summed E-state index contributed by atoms with van der Waals surface area (Å²) in [4.78, 5) is 23.5. The molecule has 0 unspecified atom stereocenters. The molecule has 0 bridgehead atoms. The van der Waals surface area contributed by atoms with Gasteiger partial charge >= 0.3 is 0 Å². The summed E-state index contributed by atoms with van der Waals surface area (Å²) in [6, 6.07) is 17.4. The molecule has 1 fully saturated rings. The highest BCUT2D eigenvalue weighted by Gasteiger charge is 2.23. The van der Waals surface area contributed by atoms with E-state index in [2.05, 4.69) is 11.4 Å². The topological polar surface area (TPSA) is 96.0 Å². The van der Waals surface area contributed by atoms with Gasteiger partial charge in [-0.1, -0.05) is 67.8 Å². The van der Waals surface area contributed by atoms with E-state index in [1.165, 1.54) is 6.42 Å². The van der Waals surface area contributed by atoms with Gasteiger partial charge in [0.2, 0.25) is 11.8 Å². The van der Waals surface area contributed by atoms with Crippen LogP contribution in [0.2, 0.25) is 0 Å². The Bertz CT molecular complexity index is 893. The van der Waals surface area contributed by atoms with E-state index in [0.29, 0.717) is 6.42 Å². The Hall–Kier alpha value is -3.13. The maximum atomic E-state index is 12.4. The van der Waals surface area contributed by atoms with Crippen LogP contribution in [0.25, 0.3) is 11.1 Å². The molecule has 0 aliphatic heterocycles. The van der Waals surface area contributed by atoms with Gasteiger partial charge in [-0.15, -0.1) is 0 Å². The van der Waals surface area contributed by atoms with Crippen LogP contribution in [0.15, 0.2) is 48.5 Å². The van der Waals surface area contributed by atoms with E-state index < -0.39 is 6.04 Å². The third-order valence-electron chi connectivity index (χ3n) is 5.48. The van der Waals surface area contributed by atoms with E-state index in [-0.39, 0.29) is 24.2 Å². The quantitative estimate of drug-likeness (QED) is 0.758. The van der Waals surface area contributed by atoms with E-state index in [1.54, 1.807) is 0 Å². The molecule has 29 heavy (non-hydrogen) atoms. The molecule has 2 aromatic carbocycles. The van der Waals surface area contributed by atoms with Crippen molar-refractivity contribution >= 4 is 11.8 Å². The summed E-state index contributed by atoms with van der Waals surface area (Å²) >= 11 is 0. The van der Waals surface area contributed by atoms with Crippen molar-refractivity contribution in [2.24, 2.45) is 11.7 Å². The molecule has 1 aliphatic carbocycles. The molecule has 3 N–H and O–H groups in total. The van der Waals surface area contributed by atoms with E-state index >= 15 is 0 Å². The molecule has 1 saturated carbocycles. The number of carbonyl (C=O) groups is 2. The Morgan fingerprint density at radius 3 is 2.41 bits per heavy atom. The first kappa shape index (κ1) is 20.6. The van der Waals surface area contributed by atoms with Gasteiger partial charge in [0, 0.05) is 12.3 Å². The summed E-state index contributed by atoms with van der Waals surface area (Å²) in [6.45, 7) is 0. The highest BCUT2D eigenvalue weighted by molar-refractivity contribution is 5.79. The van der Waals surface area contributed by atoms with Crippen LogP contribution in [0, 0.1) is 17.2 Å². The van der Waals surface area contributed by atoms with Crippen molar-refractivity contribution in [2.75, 3.05) is 0 Å². The van der Waals surface area contributed by atoms with Crippen LogP contribution in [-0.2, 0) is 22.4 Å². The molecular weight excluding hydrogens is 362 g/mol. The second kappa shape index (κ2) is 9.88. The minimum atomic E-state index is -0.519. The summed E-state index contributed by atoms with van der Waals surface area (Å²) in [7, 11) is 0. The van der Waals surface area contributed by atoms with Crippen LogP contribution < -0.4 is 11.1 Å². The maximum absolute atomic E-state index is 12.4. The van der Waals surface area contributed by atoms with Gasteiger partial charge in [0.15, 0.2) is 0 Å². The SMILES string of the molecule is N#C[C@H](Cc1ccc(-c2cccc(CC(N)=O)c2)cc1)NC(=O)C1CCCCC1. The molecule has 1 aliphatic rings. The van der Waals surface area contributed by atoms with Gasteiger partial charge in [0.25, 0.3) is 0 Å². The summed E-state index contributed by atoms with van der Waals surface area (Å²) in [5.41, 5.74) is 9.20. The zero-order valence-corrected chi connectivity index (χ0v) is 16.6. The number of nitrogens with one attached hydrogen (secondary N) is 1. The Kier molecular flexibility index (Phi) is 7.02. The summed E-state index contributed by atoms with van der Waals surface area (Å²) in [5.74, 6) is -0.288. The van der Waals surface area contributed by atoms with Crippen molar-refractivity contribution < 1.29 is 9.59 Å². The predicted octanol–water partition coefficient (Wildman–Crippen LogP) is 3.51. The lowest BCUT2D eigenvalue weighted by Crippen LogP contribution is -2.40. The first-order chi connectivity index (χ1) is 14.0. The second-order valence-corrected chi connectivity index (χ2v) is 7.77. The summed E-state index contributed by atoms with van der Waals surface area (Å²) < 4.78 is 0. The van der Waals surface area contributed by atoms with E-state index in [0.717, 1.165) is 47.9 Å². The zero-order chi connectivity index (χ0) is 20.6. The van der Waals surface area contributed by atoms with Gasteiger partial charge in [0.1, 0.15) is 6.04 Å². The Morgan fingerprint density at radius 1 is 1.03 bits per heavy atom. The highest BCUT2D eigenvalue weighted by Crippen LogP contribution is 2.24. The van der Waals surface area contributed by atoms with Crippen LogP contribution in [0.5, 0.6) is 0 Å². The first-order valence-corrected chi connectivity index (χ1v) is 10.2. The first-order valence-electron chi connectivity index (χ1n) is 10.2. The molecule has 2 amide bonds. The Labute approximate surface area is 171 Å². The van der Waals surface area contributed by atoms with E-state index in [4.69, 9.17) is 5.73 Å². The smallest absolute Gasteiger partial charge is 0.224 e. The minimum absolute atomic E-state index is 0.0131. The van der Waals surface area contributed by atoms with Crippen LogP contribution in [0.1, 0.15) is 43.2 Å².